The second-order valence-corrected chi connectivity index (χ2v) is 7.46. The number of hydrogen-bond acceptors (Lipinski definition) is 5. The van der Waals surface area contributed by atoms with Crippen molar-refractivity contribution in [3.05, 3.63) is 41.5 Å². The number of aromatic nitrogens is 2. The lowest BCUT2D eigenvalue weighted by Gasteiger charge is -2.31. The van der Waals surface area contributed by atoms with Crippen LogP contribution in [0.5, 0.6) is 0 Å². The van der Waals surface area contributed by atoms with Gasteiger partial charge in [-0.1, -0.05) is 25.5 Å². The highest BCUT2D eigenvalue weighted by Gasteiger charge is 2.27. The van der Waals surface area contributed by atoms with Crippen LogP contribution in [0.1, 0.15) is 44.0 Å². The van der Waals surface area contributed by atoms with Crippen LogP contribution in [0.2, 0.25) is 0 Å². The standard InChI is InChI=1S/C19H25FN4OS/c1-2-3-10-21-18(25)15-5-4-11-24(13-15)19-22-17(23-26-19)12-14-6-8-16(20)9-7-14/h6-9,15H,2-5,10-13H2,1H3,(H,21,25)/t15-/m0/s1. The van der Waals surface area contributed by atoms with Crippen molar-refractivity contribution in [3.8, 4) is 0 Å². The normalized spacial score (nSPS) is 17.3. The van der Waals surface area contributed by atoms with Gasteiger partial charge in [-0.3, -0.25) is 4.79 Å². The minimum absolute atomic E-state index is 0.0186. The molecule has 3 rings (SSSR count). The van der Waals surface area contributed by atoms with Crippen molar-refractivity contribution in [3.63, 3.8) is 0 Å². The average Bonchev–Trinajstić information content (AvgIpc) is 3.12. The van der Waals surface area contributed by atoms with Gasteiger partial charge < -0.3 is 10.2 Å². The lowest BCUT2D eigenvalue weighted by Crippen LogP contribution is -2.43. The van der Waals surface area contributed by atoms with E-state index in [4.69, 9.17) is 0 Å². The number of nitrogens with zero attached hydrogens (tertiary/aromatic N) is 3. The van der Waals surface area contributed by atoms with Crippen molar-refractivity contribution in [2.75, 3.05) is 24.5 Å². The van der Waals surface area contributed by atoms with Gasteiger partial charge in [0.1, 0.15) is 11.6 Å². The number of benzene rings is 1. The first-order valence-electron chi connectivity index (χ1n) is 9.25. The zero-order chi connectivity index (χ0) is 18.4. The van der Waals surface area contributed by atoms with Crippen LogP contribution in [-0.2, 0) is 11.2 Å². The molecule has 0 aliphatic carbocycles. The van der Waals surface area contributed by atoms with E-state index in [1.807, 2.05) is 0 Å². The van der Waals surface area contributed by atoms with Gasteiger partial charge in [0, 0.05) is 37.6 Å². The fourth-order valence-corrected chi connectivity index (χ4v) is 3.85. The number of carbonyl (C=O) groups excluding carboxylic acids is 1. The molecule has 0 radical (unpaired) electrons. The van der Waals surface area contributed by atoms with E-state index >= 15 is 0 Å². The molecule has 1 saturated heterocycles. The zero-order valence-corrected chi connectivity index (χ0v) is 15.9. The second kappa shape index (κ2) is 9.07. The number of hydrogen-bond donors (Lipinski definition) is 1. The Morgan fingerprint density at radius 2 is 2.19 bits per heavy atom. The highest BCUT2D eigenvalue weighted by molar-refractivity contribution is 7.09. The van der Waals surface area contributed by atoms with E-state index in [1.165, 1.54) is 23.7 Å². The topological polar surface area (TPSA) is 58.1 Å². The fraction of sp³-hybridized carbons (Fsp3) is 0.526. The minimum Gasteiger partial charge on any atom is -0.356 e. The van der Waals surface area contributed by atoms with E-state index in [2.05, 4.69) is 26.5 Å². The highest BCUT2D eigenvalue weighted by Crippen LogP contribution is 2.25. The maximum Gasteiger partial charge on any atom is 0.224 e. The quantitative estimate of drug-likeness (QED) is 0.753. The second-order valence-electron chi connectivity index (χ2n) is 6.73. The Kier molecular flexibility index (Phi) is 6.55. The number of carbonyl (C=O) groups is 1. The Balaban J connectivity index is 1.57. The molecule has 1 fully saturated rings. The summed E-state index contributed by atoms with van der Waals surface area (Å²) in [6.45, 7) is 4.48. The SMILES string of the molecule is CCCCNC(=O)[C@H]1CCCN(c2nc(Cc3ccc(F)cc3)ns2)C1. The van der Waals surface area contributed by atoms with Crippen LogP contribution < -0.4 is 10.2 Å². The van der Waals surface area contributed by atoms with Crippen molar-refractivity contribution in [1.82, 2.24) is 14.7 Å². The van der Waals surface area contributed by atoms with E-state index in [0.29, 0.717) is 13.0 Å². The van der Waals surface area contributed by atoms with Gasteiger partial charge in [0.05, 0.1) is 5.92 Å². The molecule has 2 aromatic rings. The Morgan fingerprint density at radius 3 is 2.96 bits per heavy atom. The van der Waals surface area contributed by atoms with Crippen LogP contribution in [0.15, 0.2) is 24.3 Å². The molecular formula is C19H25FN4OS. The maximum absolute atomic E-state index is 13.0. The molecule has 1 atom stereocenters. The van der Waals surface area contributed by atoms with E-state index in [0.717, 1.165) is 55.3 Å². The maximum atomic E-state index is 13.0. The van der Waals surface area contributed by atoms with E-state index in [1.54, 1.807) is 12.1 Å². The zero-order valence-electron chi connectivity index (χ0n) is 15.1. The lowest BCUT2D eigenvalue weighted by atomic mass is 9.97. The van der Waals surface area contributed by atoms with Crippen LogP contribution >= 0.6 is 11.5 Å². The van der Waals surface area contributed by atoms with Crippen LogP contribution in [0, 0.1) is 11.7 Å². The number of rotatable bonds is 7. The average molecular weight is 377 g/mol. The van der Waals surface area contributed by atoms with Gasteiger partial charge in [0.25, 0.3) is 0 Å². The summed E-state index contributed by atoms with van der Waals surface area (Å²) < 4.78 is 17.4. The minimum atomic E-state index is -0.239. The molecule has 1 N–H and O–H groups in total. The third kappa shape index (κ3) is 5.00. The molecule has 1 aromatic carbocycles. The van der Waals surface area contributed by atoms with Gasteiger partial charge >= 0.3 is 0 Å². The Labute approximate surface area is 157 Å². The van der Waals surface area contributed by atoms with Gasteiger partial charge in [0.15, 0.2) is 0 Å². The monoisotopic (exact) mass is 376 g/mol. The molecule has 26 heavy (non-hydrogen) atoms. The van der Waals surface area contributed by atoms with Gasteiger partial charge in [-0.05, 0) is 37.0 Å². The molecule has 0 unspecified atom stereocenters. The number of unbranched alkanes of at least 4 members (excludes halogenated alkanes) is 1. The number of nitrogens with one attached hydrogen (secondary N) is 1. The molecule has 7 heteroatoms. The molecule has 1 amide bonds. The van der Waals surface area contributed by atoms with Crippen LogP contribution in [0.25, 0.3) is 0 Å². The molecular weight excluding hydrogens is 351 g/mol. The summed E-state index contributed by atoms with van der Waals surface area (Å²) in [5, 5.41) is 3.91. The Bertz CT molecular complexity index is 719. The first-order valence-corrected chi connectivity index (χ1v) is 10.0. The van der Waals surface area contributed by atoms with E-state index in [9.17, 15) is 9.18 Å². The Hall–Kier alpha value is -2.02. The van der Waals surface area contributed by atoms with Gasteiger partial charge in [-0.15, -0.1) is 0 Å². The van der Waals surface area contributed by atoms with Crippen LogP contribution in [-0.4, -0.2) is 34.9 Å². The molecule has 1 aliphatic rings. The van der Waals surface area contributed by atoms with E-state index < -0.39 is 0 Å². The van der Waals surface area contributed by atoms with Crippen molar-refractivity contribution in [1.29, 1.82) is 0 Å². The summed E-state index contributed by atoms with van der Waals surface area (Å²) in [6.07, 6.45) is 4.60. The predicted octanol–water partition coefficient (Wildman–Crippen LogP) is 3.40. The summed E-state index contributed by atoms with van der Waals surface area (Å²) >= 11 is 1.37. The smallest absolute Gasteiger partial charge is 0.224 e. The number of halogens is 1. The first kappa shape index (κ1) is 18.8. The summed E-state index contributed by atoms with van der Waals surface area (Å²) in [5.41, 5.74) is 0.988. The van der Waals surface area contributed by atoms with Crippen molar-refractivity contribution < 1.29 is 9.18 Å². The van der Waals surface area contributed by atoms with E-state index in [-0.39, 0.29) is 17.6 Å². The summed E-state index contributed by atoms with van der Waals surface area (Å²) in [4.78, 5) is 19.1. The van der Waals surface area contributed by atoms with Crippen molar-refractivity contribution in [2.45, 2.75) is 39.0 Å². The number of amides is 1. The number of anilines is 1. The van der Waals surface area contributed by atoms with Crippen molar-refractivity contribution >= 4 is 22.6 Å². The molecule has 0 spiro atoms. The van der Waals surface area contributed by atoms with Crippen LogP contribution in [0.3, 0.4) is 0 Å². The third-order valence-electron chi connectivity index (χ3n) is 4.63. The van der Waals surface area contributed by atoms with Gasteiger partial charge in [-0.25, -0.2) is 9.37 Å². The highest BCUT2D eigenvalue weighted by atomic mass is 32.1. The molecule has 1 aliphatic heterocycles. The summed E-state index contributed by atoms with van der Waals surface area (Å²) in [5.74, 6) is 0.674. The fourth-order valence-electron chi connectivity index (χ4n) is 3.13. The summed E-state index contributed by atoms with van der Waals surface area (Å²) in [7, 11) is 0. The van der Waals surface area contributed by atoms with Gasteiger partial charge in [0.2, 0.25) is 11.0 Å². The molecule has 0 bridgehead atoms. The summed E-state index contributed by atoms with van der Waals surface area (Å²) in [6, 6.07) is 6.42. The number of piperidine rings is 1. The molecule has 5 nitrogen and oxygen atoms in total. The predicted molar refractivity (Wildman–Crippen MR) is 102 cm³/mol. The van der Waals surface area contributed by atoms with Crippen molar-refractivity contribution in [2.24, 2.45) is 5.92 Å². The third-order valence-corrected chi connectivity index (χ3v) is 5.44. The molecule has 1 aromatic heterocycles. The molecule has 140 valence electrons. The molecule has 0 saturated carbocycles. The first-order chi connectivity index (χ1) is 12.7. The van der Waals surface area contributed by atoms with Gasteiger partial charge in [-0.2, -0.15) is 4.37 Å². The molecule has 2 heterocycles. The Morgan fingerprint density at radius 1 is 1.38 bits per heavy atom. The largest absolute Gasteiger partial charge is 0.356 e. The lowest BCUT2D eigenvalue weighted by molar-refractivity contribution is -0.125. The van der Waals surface area contributed by atoms with Crippen LogP contribution in [0.4, 0.5) is 9.52 Å².